The van der Waals surface area contributed by atoms with Gasteiger partial charge in [0.1, 0.15) is 11.7 Å². The molecule has 0 bridgehead atoms. The second-order valence-corrected chi connectivity index (χ2v) is 19.0. The van der Waals surface area contributed by atoms with Crippen LogP contribution in [-0.4, -0.2) is 86.1 Å². The zero-order valence-corrected chi connectivity index (χ0v) is 42.1. The lowest BCUT2D eigenvalue weighted by molar-refractivity contribution is -0.150. The van der Waals surface area contributed by atoms with Gasteiger partial charge in [0.25, 0.3) is 0 Å². The molecule has 1 N–H and O–H groups in total. The number of hydrogen-bond donors (Lipinski definition) is 1. The lowest BCUT2D eigenvalue weighted by Crippen LogP contribution is -2.43. The zero-order valence-electron chi connectivity index (χ0n) is 42.1. The molecule has 0 saturated carbocycles. The lowest BCUT2D eigenvalue weighted by atomic mass is 10.0. The molecule has 0 aliphatic carbocycles. The van der Waals surface area contributed by atoms with Gasteiger partial charge < -0.3 is 23.9 Å². The molecule has 0 fully saturated rings. The quantitative estimate of drug-likeness (QED) is 0.0210. The number of hydroxylamine groups is 1. The normalized spacial score (nSPS) is 11.8. The highest BCUT2D eigenvalue weighted by Crippen LogP contribution is 2.19. The van der Waals surface area contributed by atoms with Crippen molar-refractivity contribution >= 4 is 18.0 Å². The molecule has 0 radical (unpaired) electrons. The fourth-order valence-electron chi connectivity index (χ4n) is 7.92. The Morgan fingerprint density at radius 1 is 0.500 bits per heavy atom. The summed E-state index contributed by atoms with van der Waals surface area (Å²) in [6.45, 7) is 16.8. The van der Waals surface area contributed by atoms with Crippen molar-refractivity contribution < 1.29 is 33.4 Å². The Bertz CT molecular complexity index is 991. The summed E-state index contributed by atoms with van der Waals surface area (Å²) < 4.78 is 17.2. The van der Waals surface area contributed by atoms with Crippen LogP contribution in [0.25, 0.3) is 0 Å². The molecule has 0 aromatic heterocycles. The van der Waals surface area contributed by atoms with Gasteiger partial charge in [0.05, 0.1) is 20.4 Å². The number of ether oxygens (including phenoxy) is 3. The van der Waals surface area contributed by atoms with Crippen LogP contribution in [0.5, 0.6) is 0 Å². The Morgan fingerprint density at radius 3 is 1.40 bits per heavy atom. The van der Waals surface area contributed by atoms with Crippen molar-refractivity contribution in [1.82, 2.24) is 15.3 Å². The maximum Gasteiger partial charge on any atom is 0.411 e. The summed E-state index contributed by atoms with van der Waals surface area (Å²) in [6.07, 6.45) is 38.1. The number of rotatable bonds is 46. The van der Waals surface area contributed by atoms with Crippen molar-refractivity contribution in [3.63, 3.8) is 0 Å². The molecule has 0 spiro atoms. The smallest absolute Gasteiger partial charge is 0.411 e. The van der Waals surface area contributed by atoms with Gasteiger partial charge in [-0.25, -0.2) is 4.79 Å². The predicted molar refractivity (Wildman–Crippen MR) is 259 cm³/mol. The van der Waals surface area contributed by atoms with Crippen molar-refractivity contribution in [3.05, 3.63) is 0 Å². The van der Waals surface area contributed by atoms with Gasteiger partial charge in [-0.2, -0.15) is 5.48 Å². The molecule has 10 nitrogen and oxygen atoms in total. The van der Waals surface area contributed by atoms with Crippen LogP contribution in [-0.2, 0) is 28.6 Å². The first kappa shape index (κ1) is 60.1. The van der Waals surface area contributed by atoms with E-state index >= 15 is 0 Å². The van der Waals surface area contributed by atoms with Crippen molar-refractivity contribution in [2.75, 3.05) is 46.6 Å². The molecule has 0 aromatic carbocycles. The van der Waals surface area contributed by atoms with E-state index in [9.17, 15) is 14.4 Å². The monoisotopic (exact) mass is 882 g/mol. The van der Waals surface area contributed by atoms with Gasteiger partial charge in [0.15, 0.2) is 0 Å². The fourth-order valence-corrected chi connectivity index (χ4v) is 7.92. The molecule has 0 aliphatic heterocycles. The van der Waals surface area contributed by atoms with Crippen LogP contribution >= 0.6 is 0 Å². The third-order valence-corrected chi connectivity index (χ3v) is 11.7. The van der Waals surface area contributed by atoms with Crippen LogP contribution in [0, 0.1) is 0 Å². The Morgan fingerprint density at radius 2 is 0.919 bits per heavy atom. The van der Waals surface area contributed by atoms with Gasteiger partial charge in [0, 0.05) is 19.4 Å². The number of nitrogens with zero attached hydrogens (tertiary/aromatic N) is 2. The number of unbranched alkanes of at least 4 members (excludes halogenated alkanes) is 24. The Kier molecular flexibility index (Phi) is 42.9. The molecule has 62 heavy (non-hydrogen) atoms. The third kappa shape index (κ3) is 42.1. The Labute approximate surface area is 383 Å². The highest BCUT2D eigenvalue weighted by Gasteiger charge is 2.22. The fraction of sp³-hybridized carbons (Fsp3) is 0.942. The zero-order chi connectivity index (χ0) is 45.8. The molecule has 10 heteroatoms. The van der Waals surface area contributed by atoms with Crippen LogP contribution in [0.2, 0.25) is 0 Å². The Hall–Kier alpha value is -1.91. The molecule has 0 saturated heterocycles. The van der Waals surface area contributed by atoms with Gasteiger partial charge in [-0.15, -0.1) is 0 Å². The standard InChI is InChI=1S/C52H103N3O7/c1-8-11-14-17-20-29-36-46-60-49(56)40-32-25-21-27-34-42-54(44-37-45-55(47-53-59-7)51(58)62-52(4,5)6)43-35-28-22-26-33-41-50(57)61-48(38-30-23-18-15-12-9-2)39-31-24-19-16-13-10-3/h48,53H,8-47H2,1-7H3. The maximum atomic E-state index is 12.9. The highest BCUT2D eigenvalue weighted by molar-refractivity contribution is 5.69. The number of nitrogens with one attached hydrogen (secondary N) is 1. The van der Waals surface area contributed by atoms with E-state index in [4.69, 9.17) is 19.0 Å². The van der Waals surface area contributed by atoms with E-state index in [1.54, 1.807) is 12.0 Å². The summed E-state index contributed by atoms with van der Waals surface area (Å²) in [5, 5.41) is 0. The number of esters is 2. The van der Waals surface area contributed by atoms with Gasteiger partial charge >= 0.3 is 18.0 Å². The lowest BCUT2D eigenvalue weighted by Gasteiger charge is -2.28. The molecule has 0 unspecified atom stereocenters. The minimum Gasteiger partial charge on any atom is -0.466 e. The summed E-state index contributed by atoms with van der Waals surface area (Å²) >= 11 is 0. The molecule has 0 aromatic rings. The predicted octanol–water partition coefficient (Wildman–Crippen LogP) is 14.4. The van der Waals surface area contributed by atoms with E-state index in [1.807, 2.05) is 20.8 Å². The SMILES string of the molecule is CCCCCCCCCOC(=O)CCCCCCCN(CCCCCCCC(=O)OC(CCCCCCCC)CCCCCCCC)CCCN(CNOC)C(=O)OC(C)(C)C. The van der Waals surface area contributed by atoms with Crippen LogP contribution in [0.1, 0.15) is 260 Å². The van der Waals surface area contributed by atoms with Crippen LogP contribution in [0.15, 0.2) is 0 Å². The van der Waals surface area contributed by atoms with Crippen LogP contribution in [0.4, 0.5) is 4.79 Å². The second kappa shape index (κ2) is 44.3. The minimum absolute atomic E-state index is 0.00185. The summed E-state index contributed by atoms with van der Waals surface area (Å²) in [6, 6.07) is 0. The first-order valence-electron chi connectivity index (χ1n) is 26.4. The van der Waals surface area contributed by atoms with Crippen LogP contribution < -0.4 is 5.48 Å². The van der Waals surface area contributed by atoms with E-state index in [0.29, 0.717) is 26.0 Å². The minimum atomic E-state index is -0.564. The topological polar surface area (TPSA) is 107 Å². The van der Waals surface area contributed by atoms with E-state index in [2.05, 4.69) is 31.2 Å². The van der Waals surface area contributed by atoms with E-state index in [-0.39, 0.29) is 30.8 Å². The Balaban J connectivity index is 4.75. The largest absolute Gasteiger partial charge is 0.466 e. The van der Waals surface area contributed by atoms with E-state index < -0.39 is 5.60 Å². The summed E-state index contributed by atoms with van der Waals surface area (Å²) in [5.74, 6) is -0.0486. The average Bonchev–Trinajstić information content (AvgIpc) is 3.23. The average molecular weight is 882 g/mol. The summed E-state index contributed by atoms with van der Waals surface area (Å²) in [7, 11) is 1.55. The number of carbonyl (C=O) groups is 3. The van der Waals surface area contributed by atoms with Crippen molar-refractivity contribution in [2.45, 2.75) is 272 Å². The molecule has 0 rings (SSSR count). The highest BCUT2D eigenvalue weighted by atomic mass is 16.6. The van der Waals surface area contributed by atoms with Crippen LogP contribution in [0.3, 0.4) is 0 Å². The maximum absolute atomic E-state index is 12.9. The van der Waals surface area contributed by atoms with E-state index in [1.165, 1.54) is 109 Å². The first-order chi connectivity index (χ1) is 30.1. The van der Waals surface area contributed by atoms with Gasteiger partial charge in [-0.1, -0.05) is 162 Å². The summed E-state index contributed by atoms with van der Waals surface area (Å²) in [5.41, 5.74) is 2.24. The van der Waals surface area contributed by atoms with Gasteiger partial charge in [-0.05, 0) is 105 Å². The molecular formula is C52H103N3O7. The van der Waals surface area contributed by atoms with Crippen molar-refractivity contribution in [1.29, 1.82) is 0 Å². The summed E-state index contributed by atoms with van der Waals surface area (Å²) in [4.78, 5) is 47.3. The van der Waals surface area contributed by atoms with Gasteiger partial charge in [-0.3, -0.25) is 14.5 Å². The second-order valence-electron chi connectivity index (χ2n) is 19.0. The molecule has 0 atom stereocenters. The van der Waals surface area contributed by atoms with Crippen molar-refractivity contribution in [2.24, 2.45) is 0 Å². The molecule has 0 heterocycles. The third-order valence-electron chi connectivity index (χ3n) is 11.7. The number of amides is 1. The first-order valence-corrected chi connectivity index (χ1v) is 26.4. The van der Waals surface area contributed by atoms with Crippen molar-refractivity contribution in [3.8, 4) is 0 Å². The van der Waals surface area contributed by atoms with E-state index in [0.717, 1.165) is 116 Å². The molecule has 1 amide bonds. The molecule has 0 aliphatic rings. The number of hydrogen-bond acceptors (Lipinski definition) is 9. The molecule has 368 valence electrons. The molecular weight excluding hydrogens is 779 g/mol. The van der Waals surface area contributed by atoms with Gasteiger partial charge in [0.2, 0.25) is 0 Å². The number of carbonyl (C=O) groups excluding carboxylic acids is 3.